The van der Waals surface area contributed by atoms with Gasteiger partial charge >= 0.3 is 0 Å². The molecule has 2 amide bonds. The molecule has 0 aromatic heterocycles. The first-order chi connectivity index (χ1) is 13.0. The van der Waals surface area contributed by atoms with Gasteiger partial charge in [-0.3, -0.25) is 13.9 Å². The second kappa shape index (κ2) is 8.43. The Bertz CT molecular complexity index is 965. The van der Waals surface area contributed by atoms with Crippen molar-refractivity contribution in [2.24, 2.45) is 0 Å². The minimum absolute atomic E-state index is 0.192. The molecule has 0 aliphatic heterocycles. The van der Waals surface area contributed by atoms with Crippen LogP contribution in [0.5, 0.6) is 0 Å². The van der Waals surface area contributed by atoms with Gasteiger partial charge < -0.3 is 10.6 Å². The lowest BCUT2D eigenvalue weighted by molar-refractivity contribution is -0.117. The van der Waals surface area contributed by atoms with Crippen molar-refractivity contribution in [3.05, 3.63) is 53.6 Å². The summed E-state index contributed by atoms with van der Waals surface area (Å²) >= 11 is 0. The summed E-state index contributed by atoms with van der Waals surface area (Å²) in [7, 11) is -3.68. The summed E-state index contributed by atoms with van der Waals surface area (Å²) in [5, 5.41) is 5.36. The fourth-order valence-electron chi connectivity index (χ4n) is 2.97. The Morgan fingerprint density at radius 2 is 1.39 bits per heavy atom. The highest BCUT2D eigenvalue weighted by atomic mass is 32.2. The molecule has 0 saturated carbocycles. The highest BCUT2D eigenvalue weighted by Gasteiger charge is 2.29. The number of rotatable bonds is 6. The fourth-order valence-corrected chi connectivity index (χ4v) is 4.13. The zero-order valence-corrected chi connectivity index (χ0v) is 17.4. The van der Waals surface area contributed by atoms with Gasteiger partial charge in [0.15, 0.2) is 0 Å². The molecule has 28 heavy (non-hydrogen) atoms. The second-order valence-electron chi connectivity index (χ2n) is 6.83. The number of aryl methyl sites for hydroxylation is 2. The van der Waals surface area contributed by atoms with Crippen LogP contribution in [0.4, 0.5) is 17.1 Å². The number of hydrogen-bond acceptors (Lipinski definition) is 4. The lowest BCUT2D eigenvalue weighted by Gasteiger charge is -2.28. The van der Waals surface area contributed by atoms with Gasteiger partial charge in [0.2, 0.25) is 21.8 Å². The highest BCUT2D eigenvalue weighted by molar-refractivity contribution is 7.92. The van der Waals surface area contributed by atoms with E-state index < -0.39 is 22.0 Å². The van der Waals surface area contributed by atoms with Gasteiger partial charge in [-0.05, 0) is 68.3 Å². The number of nitrogens with one attached hydrogen (secondary N) is 2. The van der Waals surface area contributed by atoms with E-state index in [2.05, 4.69) is 10.6 Å². The molecule has 2 N–H and O–H groups in total. The van der Waals surface area contributed by atoms with Crippen molar-refractivity contribution in [3.63, 3.8) is 0 Å². The molecule has 150 valence electrons. The minimum Gasteiger partial charge on any atom is -0.326 e. The smallest absolute Gasteiger partial charge is 0.247 e. The first-order valence-corrected chi connectivity index (χ1v) is 10.6. The third kappa shape index (κ3) is 5.56. The molecule has 7 nitrogen and oxygen atoms in total. The third-order valence-corrected chi connectivity index (χ3v) is 5.26. The van der Waals surface area contributed by atoms with Gasteiger partial charge in [0, 0.05) is 18.3 Å². The molecule has 0 saturated heterocycles. The maximum Gasteiger partial charge on any atom is 0.247 e. The molecule has 8 heteroatoms. The van der Waals surface area contributed by atoms with Gasteiger partial charge in [-0.15, -0.1) is 0 Å². The van der Waals surface area contributed by atoms with Crippen LogP contribution < -0.4 is 14.9 Å². The van der Waals surface area contributed by atoms with Crippen LogP contribution in [0.25, 0.3) is 0 Å². The van der Waals surface area contributed by atoms with Gasteiger partial charge in [-0.1, -0.05) is 6.07 Å². The van der Waals surface area contributed by atoms with E-state index in [4.69, 9.17) is 0 Å². The Hall–Kier alpha value is -2.87. The molecule has 0 bridgehead atoms. The zero-order valence-electron chi connectivity index (χ0n) is 16.6. The van der Waals surface area contributed by atoms with E-state index >= 15 is 0 Å². The Morgan fingerprint density at radius 1 is 0.929 bits per heavy atom. The number of carbonyl (C=O) groups is 2. The van der Waals surface area contributed by atoms with Crippen molar-refractivity contribution >= 4 is 38.9 Å². The molecule has 0 aliphatic carbocycles. The normalized spacial score (nSPS) is 12.2. The molecule has 0 heterocycles. The number of carbonyl (C=O) groups excluding carboxylic acids is 2. The van der Waals surface area contributed by atoms with Crippen LogP contribution in [-0.4, -0.2) is 32.5 Å². The SMILES string of the molecule is CC(=O)Nc1ccc(NC(=O)C(C)N(c2cc(C)cc(C)c2)S(C)(=O)=O)cc1. The number of benzene rings is 2. The summed E-state index contributed by atoms with van der Waals surface area (Å²) in [5.74, 6) is -0.653. The molecule has 0 aliphatic rings. The summed E-state index contributed by atoms with van der Waals surface area (Å²) in [5.41, 5.74) is 3.37. The largest absolute Gasteiger partial charge is 0.326 e. The van der Waals surface area contributed by atoms with Crippen LogP contribution in [0.15, 0.2) is 42.5 Å². The zero-order chi connectivity index (χ0) is 21.1. The van der Waals surface area contributed by atoms with Crippen LogP contribution in [-0.2, 0) is 19.6 Å². The molecule has 0 spiro atoms. The predicted molar refractivity (Wildman–Crippen MR) is 112 cm³/mol. The Morgan fingerprint density at radius 3 is 1.82 bits per heavy atom. The number of sulfonamides is 1. The van der Waals surface area contributed by atoms with Crippen molar-refractivity contribution in [2.75, 3.05) is 21.2 Å². The van der Waals surface area contributed by atoms with Gasteiger partial charge in [-0.2, -0.15) is 0 Å². The molecule has 0 fully saturated rings. The fraction of sp³-hybridized carbons (Fsp3) is 0.300. The van der Waals surface area contributed by atoms with Gasteiger partial charge in [0.1, 0.15) is 6.04 Å². The maximum atomic E-state index is 12.7. The lowest BCUT2D eigenvalue weighted by atomic mass is 10.1. The second-order valence-corrected chi connectivity index (χ2v) is 8.69. The molecule has 2 rings (SSSR count). The molecular formula is C20H25N3O4S. The van der Waals surface area contributed by atoms with Crippen LogP contribution >= 0.6 is 0 Å². The van der Waals surface area contributed by atoms with Crippen molar-refractivity contribution in [1.82, 2.24) is 0 Å². The number of hydrogen-bond donors (Lipinski definition) is 2. The topological polar surface area (TPSA) is 95.6 Å². The van der Waals surface area contributed by atoms with Crippen LogP contribution in [0.2, 0.25) is 0 Å². The van der Waals surface area contributed by atoms with E-state index in [1.165, 1.54) is 6.92 Å². The first-order valence-electron chi connectivity index (χ1n) is 8.73. The van der Waals surface area contributed by atoms with Crippen molar-refractivity contribution in [2.45, 2.75) is 33.7 Å². The Balaban J connectivity index is 2.25. The number of anilines is 3. The highest BCUT2D eigenvalue weighted by Crippen LogP contribution is 2.24. The van der Waals surface area contributed by atoms with E-state index in [1.807, 2.05) is 19.9 Å². The van der Waals surface area contributed by atoms with Crippen LogP contribution in [0.1, 0.15) is 25.0 Å². The Kier molecular flexibility index (Phi) is 6.45. The summed E-state index contributed by atoms with van der Waals surface area (Å²) in [6, 6.07) is 11.0. The standard InChI is InChI=1S/C20H25N3O4S/c1-13-10-14(2)12-19(11-13)23(28(5,26)27)15(3)20(25)22-18-8-6-17(7-9-18)21-16(4)24/h6-12,15H,1-5H3,(H,21,24)(H,22,25). The molecule has 0 radical (unpaired) electrons. The van der Waals surface area contributed by atoms with Crippen molar-refractivity contribution in [1.29, 1.82) is 0 Å². The van der Waals surface area contributed by atoms with Crippen LogP contribution in [0, 0.1) is 13.8 Å². The number of amides is 2. The first kappa shape index (κ1) is 21.4. The van der Waals surface area contributed by atoms with Gasteiger partial charge in [-0.25, -0.2) is 8.42 Å². The lowest BCUT2D eigenvalue weighted by Crippen LogP contribution is -2.45. The van der Waals surface area contributed by atoms with E-state index in [9.17, 15) is 18.0 Å². The third-order valence-electron chi connectivity index (χ3n) is 4.02. The van der Waals surface area contributed by atoms with Crippen molar-refractivity contribution < 1.29 is 18.0 Å². The van der Waals surface area contributed by atoms with E-state index in [0.717, 1.165) is 21.7 Å². The average molecular weight is 404 g/mol. The minimum atomic E-state index is -3.68. The van der Waals surface area contributed by atoms with Crippen LogP contribution in [0.3, 0.4) is 0 Å². The monoisotopic (exact) mass is 403 g/mol. The summed E-state index contributed by atoms with van der Waals surface area (Å²) in [6.07, 6.45) is 1.08. The molecule has 2 aromatic carbocycles. The predicted octanol–water partition coefficient (Wildman–Crippen LogP) is 3.06. The van der Waals surface area contributed by atoms with E-state index in [0.29, 0.717) is 17.1 Å². The van der Waals surface area contributed by atoms with Gasteiger partial charge in [0.05, 0.1) is 11.9 Å². The van der Waals surface area contributed by atoms with Gasteiger partial charge in [0.25, 0.3) is 0 Å². The quantitative estimate of drug-likeness (QED) is 0.775. The maximum absolute atomic E-state index is 12.7. The Labute approximate surface area is 165 Å². The molecule has 1 unspecified atom stereocenters. The summed E-state index contributed by atoms with van der Waals surface area (Å²) in [4.78, 5) is 23.8. The molecular weight excluding hydrogens is 378 g/mol. The summed E-state index contributed by atoms with van der Waals surface area (Å²) in [6.45, 7) is 6.69. The molecule has 1 atom stereocenters. The number of nitrogens with zero attached hydrogens (tertiary/aromatic N) is 1. The molecule has 2 aromatic rings. The summed E-state index contributed by atoms with van der Waals surface area (Å²) < 4.78 is 25.9. The van der Waals surface area contributed by atoms with Crippen molar-refractivity contribution in [3.8, 4) is 0 Å². The average Bonchev–Trinajstić information content (AvgIpc) is 2.54. The van der Waals surface area contributed by atoms with E-state index in [-0.39, 0.29) is 5.91 Å². The van der Waals surface area contributed by atoms with E-state index in [1.54, 1.807) is 43.3 Å².